The van der Waals surface area contributed by atoms with Crippen LogP contribution in [0.15, 0.2) is 17.0 Å². The Morgan fingerprint density at radius 3 is 2.74 bits per heavy atom. The third-order valence-electron chi connectivity index (χ3n) is 3.41. The topological polar surface area (TPSA) is 47.7 Å². The minimum Gasteiger partial charge on any atom is -0.336 e. The number of hydrogen-bond acceptors (Lipinski definition) is 3. The van der Waals surface area contributed by atoms with E-state index < -0.39 is 0 Å². The first kappa shape index (κ1) is 14.3. The van der Waals surface area contributed by atoms with Crippen LogP contribution in [-0.4, -0.2) is 26.4 Å². The Hall–Kier alpha value is -1.14. The number of likely N-dealkylation sites (N-methyl/N-ethyl adjacent to an activating group) is 1. The molecule has 104 valence electrons. The lowest BCUT2D eigenvalue weighted by Gasteiger charge is -2.17. The molecule has 2 rings (SSSR count). The van der Waals surface area contributed by atoms with Gasteiger partial charge in [0.15, 0.2) is 0 Å². The SMILES string of the molecule is CCn1nc(C)c(Br)c1CC(NC)c1cncn1C. The second-order valence-corrected chi connectivity index (χ2v) is 5.43. The fourth-order valence-corrected chi connectivity index (χ4v) is 2.76. The molecule has 0 saturated carbocycles. The molecule has 2 aromatic heterocycles. The van der Waals surface area contributed by atoms with Crippen molar-refractivity contribution < 1.29 is 0 Å². The number of nitrogens with one attached hydrogen (secondary N) is 1. The summed E-state index contributed by atoms with van der Waals surface area (Å²) < 4.78 is 5.21. The molecule has 0 amide bonds. The number of nitrogens with zero attached hydrogens (tertiary/aromatic N) is 4. The monoisotopic (exact) mass is 325 g/mol. The lowest BCUT2D eigenvalue weighted by molar-refractivity contribution is 0.518. The highest BCUT2D eigenvalue weighted by molar-refractivity contribution is 9.10. The average Bonchev–Trinajstić information content (AvgIpc) is 2.93. The Bertz CT molecular complexity index is 557. The second kappa shape index (κ2) is 5.88. The van der Waals surface area contributed by atoms with Gasteiger partial charge in [0.25, 0.3) is 0 Å². The van der Waals surface area contributed by atoms with Crippen molar-refractivity contribution in [1.29, 1.82) is 0 Å². The van der Waals surface area contributed by atoms with Crippen molar-refractivity contribution in [2.45, 2.75) is 32.9 Å². The van der Waals surface area contributed by atoms with Crippen molar-refractivity contribution >= 4 is 15.9 Å². The van der Waals surface area contributed by atoms with Crippen molar-refractivity contribution in [2.24, 2.45) is 7.05 Å². The van der Waals surface area contributed by atoms with Crippen LogP contribution in [-0.2, 0) is 20.0 Å². The van der Waals surface area contributed by atoms with Crippen molar-refractivity contribution in [3.05, 3.63) is 34.1 Å². The fraction of sp³-hybridized carbons (Fsp3) is 0.538. The summed E-state index contributed by atoms with van der Waals surface area (Å²) >= 11 is 3.65. The Labute approximate surface area is 122 Å². The third-order valence-corrected chi connectivity index (χ3v) is 4.44. The van der Waals surface area contributed by atoms with Crippen LogP contribution >= 0.6 is 15.9 Å². The second-order valence-electron chi connectivity index (χ2n) is 4.64. The molecule has 0 aliphatic carbocycles. The minimum absolute atomic E-state index is 0.227. The highest BCUT2D eigenvalue weighted by Gasteiger charge is 2.19. The van der Waals surface area contributed by atoms with Crippen LogP contribution in [0.4, 0.5) is 0 Å². The number of rotatable bonds is 5. The molecule has 0 spiro atoms. The van der Waals surface area contributed by atoms with E-state index in [1.54, 1.807) is 0 Å². The van der Waals surface area contributed by atoms with Crippen molar-refractivity contribution in [1.82, 2.24) is 24.6 Å². The van der Waals surface area contributed by atoms with Gasteiger partial charge in [-0.3, -0.25) is 4.68 Å². The van der Waals surface area contributed by atoms with E-state index in [9.17, 15) is 0 Å². The zero-order chi connectivity index (χ0) is 14.0. The van der Waals surface area contributed by atoms with E-state index in [1.165, 1.54) is 11.4 Å². The molecule has 0 bridgehead atoms. The Morgan fingerprint density at radius 1 is 1.47 bits per heavy atom. The number of halogens is 1. The maximum absolute atomic E-state index is 4.54. The summed E-state index contributed by atoms with van der Waals surface area (Å²) in [5.74, 6) is 0. The molecule has 0 aliphatic heterocycles. The summed E-state index contributed by atoms with van der Waals surface area (Å²) in [5.41, 5.74) is 3.44. The van der Waals surface area contributed by atoms with Crippen LogP contribution in [0.1, 0.15) is 30.0 Å². The van der Waals surface area contributed by atoms with Gasteiger partial charge >= 0.3 is 0 Å². The molecule has 1 atom stereocenters. The molecule has 1 N–H and O–H groups in total. The van der Waals surface area contributed by atoms with Gasteiger partial charge in [-0.05, 0) is 36.8 Å². The van der Waals surface area contributed by atoms with E-state index in [2.05, 4.69) is 47.5 Å². The zero-order valence-corrected chi connectivity index (χ0v) is 13.4. The van der Waals surface area contributed by atoms with Crippen LogP contribution in [0.25, 0.3) is 0 Å². The van der Waals surface area contributed by atoms with Gasteiger partial charge in [0, 0.05) is 26.2 Å². The summed E-state index contributed by atoms with van der Waals surface area (Å²) in [6.45, 7) is 5.02. The lowest BCUT2D eigenvalue weighted by atomic mass is 10.1. The molecule has 1 unspecified atom stereocenters. The first-order valence-electron chi connectivity index (χ1n) is 6.43. The number of aromatic nitrogens is 4. The highest BCUT2D eigenvalue weighted by atomic mass is 79.9. The van der Waals surface area contributed by atoms with Crippen LogP contribution in [0, 0.1) is 6.92 Å². The molecule has 6 heteroatoms. The van der Waals surface area contributed by atoms with Crippen LogP contribution in [0.2, 0.25) is 0 Å². The molecule has 19 heavy (non-hydrogen) atoms. The predicted octanol–water partition coefficient (Wildman–Crippen LogP) is 2.21. The maximum Gasteiger partial charge on any atom is 0.0946 e. The van der Waals surface area contributed by atoms with Gasteiger partial charge < -0.3 is 9.88 Å². The predicted molar refractivity (Wildman–Crippen MR) is 79.1 cm³/mol. The van der Waals surface area contributed by atoms with Gasteiger partial charge in [-0.1, -0.05) is 0 Å². The molecule has 0 saturated heterocycles. The molecule has 2 aromatic rings. The largest absolute Gasteiger partial charge is 0.336 e. The first-order chi connectivity index (χ1) is 9.08. The normalized spacial score (nSPS) is 12.9. The molecule has 0 fully saturated rings. The number of aryl methyl sites for hydroxylation is 3. The van der Waals surface area contributed by atoms with E-state index >= 15 is 0 Å². The van der Waals surface area contributed by atoms with Gasteiger partial charge in [0.05, 0.1) is 33.9 Å². The maximum atomic E-state index is 4.54. The van der Waals surface area contributed by atoms with E-state index in [0.29, 0.717) is 0 Å². The molecular weight excluding hydrogens is 306 g/mol. The zero-order valence-electron chi connectivity index (χ0n) is 11.8. The number of imidazole rings is 1. The summed E-state index contributed by atoms with van der Waals surface area (Å²) in [4.78, 5) is 4.19. The van der Waals surface area contributed by atoms with E-state index in [0.717, 1.165) is 23.1 Å². The van der Waals surface area contributed by atoms with Gasteiger partial charge in [0.1, 0.15) is 0 Å². The van der Waals surface area contributed by atoms with E-state index in [4.69, 9.17) is 0 Å². The average molecular weight is 326 g/mol. The van der Waals surface area contributed by atoms with Gasteiger partial charge in [-0.25, -0.2) is 4.98 Å². The van der Waals surface area contributed by atoms with E-state index in [1.807, 2.05) is 33.5 Å². The van der Waals surface area contributed by atoms with Gasteiger partial charge in [-0.15, -0.1) is 0 Å². The number of hydrogen-bond donors (Lipinski definition) is 1. The molecule has 0 radical (unpaired) electrons. The fourth-order valence-electron chi connectivity index (χ4n) is 2.32. The quantitative estimate of drug-likeness (QED) is 0.916. The minimum atomic E-state index is 0.227. The summed E-state index contributed by atoms with van der Waals surface area (Å²) in [7, 11) is 4.00. The summed E-state index contributed by atoms with van der Waals surface area (Å²) in [6.07, 6.45) is 4.62. The highest BCUT2D eigenvalue weighted by Crippen LogP contribution is 2.26. The van der Waals surface area contributed by atoms with E-state index in [-0.39, 0.29) is 6.04 Å². The molecule has 0 aromatic carbocycles. The molecule has 5 nitrogen and oxygen atoms in total. The Balaban J connectivity index is 2.31. The standard InChI is InChI=1S/C13H20BrN5/c1-5-19-11(13(14)9(2)17-19)6-10(15-3)12-7-16-8-18(12)4/h7-8,10,15H,5-6H2,1-4H3. The van der Waals surface area contributed by atoms with Gasteiger partial charge in [-0.2, -0.15) is 5.10 Å². The van der Waals surface area contributed by atoms with Crippen LogP contribution in [0.5, 0.6) is 0 Å². The Morgan fingerprint density at radius 2 is 2.21 bits per heavy atom. The molecular formula is C13H20BrN5. The van der Waals surface area contributed by atoms with Crippen LogP contribution < -0.4 is 5.32 Å². The smallest absolute Gasteiger partial charge is 0.0946 e. The first-order valence-corrected chi connectivity index (χ1v) is 7.23. The summed E-state index contributed by atoms with van der Waals surface area (Å²) in [6, 6.07) is 0.227. The van der Waals surface area contributed by atoms with Crippen LogP contribution in [0.3, 0.4) is 0 Å². The van der Waals surface area contributed by atoms with Crippen molar-refractivity contribution in [2.75, 3.05) is 7.05 Å². The molecule has 2 heterocycles. The summed E-state index contributed by atoms with van der Waals surface area (Å²) in [5, 5.41) is 7.90. The Kier molecular flexibility index (Phi) is 4.42. The third kappa shape index (κ3) is 2.74. The van der Waals surface area contributed by atoms with Crippen molar-refractivity contribution in [3.8, 4) is 0 Å². The van der Waals surface area contributed by atoms with Crippen molar-refractivity contribution in [3.63, 3.8) is 0 Å². The molecule has 0 aliphatic rings. The lowest BCUT2D eigenvalue weighted by Crippen LogP contribution is -2.22. The van der Waals surface area contributed by atoms with Gasteiger partial charge in [0.2, 0.25) is 0 Å².